The minimum Gasteiger partial charge on any atom is -0.459 e. The number of esters is 1. The summed E-state index contributed by atoms with van der Waals surface area (Å²) in [5.41, 5.74) is -2.65. The van der Waals surface area contributed by atoms with Crippen LogP contribution in [0.3, 0.4) is 0 Å². The highest BCUT2D eigenvalue weighted by Crippen LogP contribution is 2.36. The van der Waals surface area contributed by atoms with Crippen LogP contribution in [-0.4, -0.2) is 68.9 Å². The van der Waals surface area contributed by atoms with Gasteiger partial charge in [-0.25, -0.2) is 0 Å². The van der Waals surface area contributed by atoms with Gasteiger partial charge in [0, 0.05) is 18.1 Å². The predicted molar refractivity (Wildman–Crippen MR) is 139 cm³/mol. The summed E-state index contributed by atoms with van der Waals surface area (Å²) in [4.78, 5) is 13.4. The quantitative estimate of drug-likeness (QED) is 0.419. The maximum atomic E-state index is 13.4. The van der Waals surface area contributed by atoms with Crippen molar-refractivity contribution in [2.75, 3.05) is 0 Å². The Kier molecular flexibility index (Phi) is 10.6. The Hall–Kier alpha value is -1.06. The van der Waals surface area contributed by atoms with Crippen molar-refractivity contribution in [2.45, 2.75) is 136 Å². The van der Waals surface area contributed by atoms with E-state index in [1.807, 2.05) is 20.8 Å². The number of carbonyl (C=O) groups is 1. The van der Waals surface area contributed by atoms with Crippen molar-refractivity contribution >= 4 is 11.7 Å². The molecular formula is C28H51NO7. The van der Waals surface area contributed by atoms with Gasteiger partial charge in [-0.05, 0) is 71.1 Å². The van der Waals surface area contributed by atoms with E-state index in [1.165, 1.54) is 6.92 Å². The second-order valence-corrected chi connectivity index (χ2v) is 12.4. The summed E-state index contributed by atoms with van der Waals surface area (Å²) in [6.45, 7) is 16.4. The number of nitrogens with one attached hydrogen (secondary N) is 1. The van der Waals surface area contributed by atoms with Gasteiger partial charge < -0.3 is 34.9 Å². The van der Waals surface area contributed by atoms with Crippen LogP contribution in [0.25, 0.3) is 0 Å². The van der Waals surface area contributed by atoms with Crippen LogP contribution < -0.4 is 0 Å². The zero-order valence-electron chi connectivity index (χ0n) is 23.8. The van der Waals surface area contributed by atoms with Gasteiger partial charge in [-0.3, -0.25) is 4.79 Å². The first-order valence-corrected chi connectivity index (χ1v) is 13.7. The molecule has 2 aliphatic rings. The van der Waals surface area contributed by atoms with Crippen molar-refractivity contribution < 1.29 is 34.3 Å². The second-order valence-electron chi connectivity index (χ2n) is 12.4. The molecule has 8 heteroatoms. The lowest BCUT2D eigenvalue weighted by atomic mass is 9.75. The van der Waals surface area contributed by atoms with Gasteiger partial charge in [-0.2, -0.15) is 0 Å². The molecule has 2 heterocycles. The molecule has 0 bridgehead atoms. The van der Waals surface area contributed by atoms with Gasteiger partial charge in [0.1, 0.15) is 11.7 Å². The van der Waals surface area contributed by atoms with Crippen molar-refractivity contribution in [3.05, 3.63) is 0 Å². The van der Waals surface area contributed by atoms with E-state index < -0.39 is 53.6 Å². The molecule has 12 atom stereocenters. The molecule has 0 unspecified atom stereocenters. The van der Waals surface area contributed by atoms with Crippen molar-refractivity contribution in [1.29, 1.82) is 5.41 Å². The molecule has 4 N–H and O–H groups in total. The van der Waals surface area contributed by atoms with E-state index in [4.69, 9.17) is 19.6 Å². The smallest absolute Gasteiger partial charge is 0.311 e. The molecule has 2 fully saturated rings. The van der Waals surface area contributed by atoms with E-state index in [9.17, 15) is 20.1 Å². The number of hydrogen-bond donors (Lipinski definition) is 4. The van der Waals surface area contributed by atoms with Gasteiger partial charge in [0.05, 0.1) is 29.8 Å². The molecule has 2 saturated heterocycles. The third-order valence-corrected chi connectivity index (χ3v) is 8.33. The summed E-state index contributed by atoms with van der Waals surface area (Å²) in [7, 11) is 0. The van der Waals surface area contributed by atoms with Crippen LogP contribution in [0.1, 0.15) is 94.4 Å². The first-order chi connectivity index (χ1) is 16.5. The average Bonchev–Trinajstić information content (AvgIpc) is 2.76. The van der Waals surface area contributed by atoms with Crippen molar-refractivity contribution in [3.63, 3.8) is 0 Å². The molecule has 210 valence electrons. The van der Waals surface area contributed by atoms with E-state index in [0.29, 0.717) is 25.2 Å². The number of hydrogen-bond acceptors (Lipinski definition) is 8. The lowest BCUT2D eigenvalue weighted by Crippen LogP contribution is -2.56. The molecule has 0 spiro atoms. The number of aliphatic hydroxyl groups excluding tert-OH is 1. The highest BCUT2D eigenvalue weighted by Gasteiger charge is 2.47. The third-order valence-electron chi connectivity index (χ3n) is 8.33. The van der Waals surface area contributed by atoms with Gasteiger partial charge >= 0.3 is 5.97 Å². The van der Waals surface area contributed by atoms with Crippen LogP contribution >= 0.6 is 0 Å². The fourth-order valence-corrected chi connectivity index (χ4v) is 6.34. The Morgan fingerprint density at radius 2 is 1.64 bits per heavy atom. The standard InChI is InChI=1S/C28H51NO7/c1-10-21-28(9,33)25(30)19(6)23(29)16(3)13-27(8,32)14-17(4)24(20(7)26(31)35-21)36-22-12-15(2)11-18(5)34-22/h15-22,24-25,29-30,32-33H,10-14H2,1-9H3/t15-,16-,17-,18+,19+,20-,21-,22+,24+,25-,27-,28-/m1/s1. The van der Waals surface area contributed by atoms with E-state index in [2.05, 4.69) is 6.92 Å². The maximum Gasteiger partial charge on any atom is 0.311 e. The molecule has 0 amide bonds. The Bertz CT molecular complexity index is 744. The molecule has 2 rings (SSSR count). The highest BCUT2D eigenvalue weighted by atomic mass is 16.7. The fourth-order valence-electron chi connectivity index (χ4n) is 6.34. The van der Waals surface area contributed by atoms with E-state index >= 15 is 0 Å². The predicted octanol–water partition coefficient (Wildman–Crippen LogP) is 4.08. The zero-order valence-corrected chi connectivity index (χ0v) is 23.8. The van der Waals surface area contributed by atoms with Crippen molar-refractivity contribution in [2.24, 2.45) is 29.6 Å². The maximum absolute atomic E-state index is 13.4. The van der Waals surface area contributed by atoms with Gasteiger partial charge in [0.2, 0.25) is 0 Å². The van der Waals surface area contributed by atoms with Crippen LogP contribution in [0.5, 0.6) is 0 Å². The van der Waals surface area contributed by atoms with Crippen molar-refractivity contribution in [3.8, 4) is 0 Å². The van der Waals surface area contributed by atoms with Gasteiger partial charge in [-0.15, -0.1) is 0 Å². The minimum absolute atomic E-state index is 0.0489. The van der Waals surface area contributed by atoms with Crippen LogP contribution in [0.15, 0.2) is 0 Å². The van der Waals surface area contributed by atoms with Gasteiger partial charge in [0.25, 0.3) is 0 Å². The van der Waals surface area contributed by atoms with Crippen molar-refractivity contribution in [1.82, 2.24) is 0 Å². The molecule has 2 aliphatic heterocycles. The lowest BCUT2D eigenvalue weighted by Gasteiger charge is -2.42. The summed E-state index contributed by atoms with van der Waals surface area (Å²) < 4.78 is 18.3. The molecule has 0 radical (unpaired) electrons. The monoisotopic (exact) mass is 513 g/mol. The first kappa shape index (κ1) is 31.2. The molecule has 0 aromatic rings. The second kappa shape index (κ2) is 12.2. The van der Waals surface area contributed by atoms with Gasteiger partial charge in [0.15, 0.2) is 6.29 Å². The minimum atomic E-state index is -1.76. The Balaban J connectivity index is 2.44. The number of cyclic esters (lactones) is 1. The molecule has 8 nitrogen and oxygen atoms in total. The summed E-state index contributed by atoms with van der Waals surface area (Å²) in [6, 6.07) is 0. The molecule has 0 saturated carbocycles. The summed E-state index contributed by atoms with van der Waals surface area (Å²) in [5, 5.41) is 42.4. The largest absolute Gasteiger partial charge is 0.459 e. The zero-order chi connectivity index (χ0) is 27.6. The average molecular weight is 514 g/mol. The number of aliphatic hydroxyl groups is 3. The van der Waals surface area contributed by atoms with E-state index in [0.717, 1.165) is 12.8 Å². The van der Waals surface area contributed by atoms with Crippen LogP contribution in [0, 0.1) is 35.0 Å². The summed E-state index contributed by atoms with van der Waals surface area (Å²) in [5.74, 6) is -2.02. The normalized spacial score (nSPS) is 48.2. The fraction of sp³-hybridized carbons (Fsp3) is 0.929. The van der Waals surface area contributed by atoms with Crippen LogP contribution in [-0.2, 0) is 19.0 Å². The van der Waals surface area contributed by atoms with Crippen LogP contribution in [0.2, 0.25) is 0 Å². The molecule has 36 heavy (non-hydrogen) atoms. The third kappa shape index (κ3) is 7.50. The summed E-state index contributed by atoms with van der Waals surface area (Å²) in [6.07, 6.45) is -0.643. The molecule has 0 aromatic carbocycles. The van der Waals surface area contributed by atoms with Crippen LogP contribution in [0.4, 0.5) is 0 Å². The Labute approximate surface area is 217 Å². The Morgan fingerprint density at radius 3 is 2.19 bits per heavy atom. The number of carbonyl (C=O) groups excluding carboxylic acids is 1. The molecule has 0 aliphatic carbocycles. The molecule has 0 aromatic heterocycles. The summed E-state index contributed by atoms with van der Waals surface area (Å²) >= 11 is 0. The number of rotatable bonds is 3. The number of ether oxygens (including phenoxy) is 3. The Morgan fingerprint density at radius 1 is 1.03 bits per heavy atom. The SMILES string of the molecule is CC[C@H]1OC(=O)[C@H](C)[C@@H](O[C@H]2C[C@H](C)C[C@H](C)O2)[C@H](C)C[C@](C)(O)C[C@@H](C)C(=N)[C@H](C)[C@@H](O)[C@]1(C)O. The highest BCUT2D eigenvalue weighted by molar-refractivity contribution is 5.86. The molecular weight excluding hydrogens is 462 g/mol. The lowest BCUT2D eigenvalue weighted by molar-refractivity contribution is -0.241. The van der Waals surface area contributed by atoms with Gasteiger partial charge in [-0.1, -0.05) is 34.6 Å². The van der Waals surface area contributed by atoms with E-state index in [1.54, 1.807) is 27.7 Å². The van der Waals surface area contributed by atoms with E-state index in [-0.39, 0.29) is 23.7 Å². The topological polar surface area (TPSA) is 129 Å². The first-order valence-electron chi connectivity index (χ1n) is 13.7.